The lowest BCUT2D eigenvalue weighted by Crippen LogP contribution is -2.17. The van der Waals surface area contributed by atoms with Crippen molar-refractivity contribution >= 4 is 5.97 Å². The average molecular weight is 509 g/mol. The van der Waals surface area contributed by atoms with Gasteiger partial charge in [0.25, 0.3) is 0 Å². The van der Waals surface area contributed by atoms with Gasteiger partial charge in [-0.3, -0.25) is 0 Å². The molecular formula is C32H28O6. The molecule has 1 aliphatic heterocycles. The Morgan fingerprint density at radius 2 is 1.16 bits per heavy atom. The van der Waals surface area contributed by atoms with Gasteiger partial charge >= 0.3 is 5.97 Å². The summed E-state index contributed by atoms with van der Waals surface area (Å²) in [4.78, 5) is 12.8. The summed E-state index contributed by atoms with van der Waals surface area (Å²) in [6.45, 7) is 0.796. The van der Waals surface area contributed by atoms with E-state index < -0.39 is 12.1 Å². The molecule has 6 heteroatoms. The zero-order valence-electron chi connectivity index (χ0n) is 20.8. The molecule has 1 heterocycles. The number of hydrogen-bond donors (Lipinski definition) is 0. The predicted molar refractivity (Wildman–Crippen MR) is 142 cm³/mol. The summed E-state index contributed by atoms with van der Waals surface area (Å²) in [5.41, 5.74) is 1.92. The fourth-order valence-corrected chi connectivity index (χ4v) is 3.97. The first-order chi connectivity index (χ1) is 18.8. The number of carbonyl (C=O) groups is 1. The van der Waals surface area contributed by atoms with E-state index in [0.29, 0.717) is 29.4 Å². The molecule has 0 saturated carbocycles. The molecule has 1 atom stereocenters. The van der Waals surface area contributed by atoms with E-state index in [2.05, 4.69) is 0 Å². The lowest BCUT2D eigenvalue weighted by molar-refractivity contribution is -0.143. The van der Waals surface area contributed by atoms with E-state index >= 15 is 0 Å². The topological polar surface area (TPSA) is 63.2 Å². The molecule has 1 unspecified atom stereocenters. The number of hydrogen-bond acceptors (Lipinski definition) is 6. The number of para-hydroxylation sites is 3. The molecule has 4 aromatic carbocycles. The molecule has 5 rings (SSSR count). The second-order valence-electron chi connectivity index (χ2n) is 8.63. The van der Waals surface area contributed by atoms with Gasteiger partial charge in [-0.25, -0.2) is 4.79 Å². The molecule has 0 bridgehead atoms. The van der Waals surface area contributed by atoms with Gasteiger partial charge in [0.15, 0.2) is 23.4 Å². The Hall–Kier alpha value is -4.71. The second kappa shape index (κ2) is 12.5. The van der Waals surface area contributed by atoms with Gasteiger partial charge in [-0.2, -0.15) is 0 Å². The Balaban J connectivity index is 1.27. The first-order valence-corrected chi connectivity index (χ1v) is 12.5. The van der Waals surface area contributed by atoms with E-state index in [9.17, 15) is 4.79 Å². The van der Waals surface area contributed by atoms with Crippen LogP contribution in [0, 0.1) is 0 Å². The lowest BCUT2D eigenvalue weighted by Gasteiger charge is -2.17. The number of carbonyl (C=O) groups excluding carboxylic acids is 1. The molecule has 0 saturated heterocycles. The maximum Gasteiger partial charge on any atom is 0.378 e. The first kappa shape index (κ1) is 25.0. The summed E-state index contributed by atoms with van der Waals surface area (Å²) in [6.07, 6.45) is -0.243. The Morgan fingerprint density at radius 1 is 0.605 bits per heavy atom. The molecule has 192 valence electrons. The molecular weight excluding hydrogens is 480 g/mol. The summed E-state index contributed by atoms with van der Waals surface area (Å²) >= 11 is 0. The molecule has 0 N–H and O–H groups in total. The molecule has 4 aromatic rings. The van der Waals surface area contributed by atoms with Crippen molar-refractivity contribution in [3.05, 3.63) is 138 Å². The maximum atomic E-state index is 12.8. The monoisotopic (exact) mass is 508 g/mol. The van der Waals surface area contributed by atoms with Crippen LogP contribution in [0.15, 0.2) is 127 Å². The standard InChI is InChI=1S/C32H28O6/c33-32-31(36-23-25-14-6-2-7-15-25)30(35-22-24-12-4-1-5-13-24)29(38-32)20-21-34-27-18-10-11-19-28(27)37-26-16-8-3-9-17-26/h1-19,29H,20-23H2. The molecule has 0 aliphatic carbocycles. The van der Waals surface area contributed by atoms with Crippen molar-refractivity contribution in [2.75, 3.05) is 6.61 Å². The van der Waals surface area contributed by atoms with Crippen molar-refractivity contribution in [1.29, 1.82) is 0 Å². The van der Waals surface area contributed by atoms with Crippen LogP contribution in [0.5, 0.6) is 17.2 Å². The van der Waals surface area contributed by atoms with Gasteiger partial charge < -0.3 is 23.7 Å². The van der Waals surface area contributed by atoms with Gasteiger partial charge in [0.2, 0.25) is 5.76 Å². The predicted octanol–water partition coefficient (Wildman–Crippen LogP) is 6.82. The van der Waals surface area contributed by atoms with Crippen LogP contribution in [-0.4, -0.2) is 18.7 Å². The van der Waals surface area contributed by atoms with E-state index in [1.54, 1.807) is 0 Å². The van der Waals surface area contributed by atoms with Gasteiger partial charge in [-0.15, -0.1) is 0 Å². The van der Waals surface area contributed by atoms with Crippen molar-refractivity contribution in [2.45, 2.75) is 25.7 Å². The third-order valence-corrected chi connectivity index (χ3v) is 5.87. The van der Waals surface area contributed by atoms with Gasteiger partial charge in [-0.05, 0) is 35.4 Å². The van der Waals surface area contributed by atoms with Crippen LogP contribution in [0.1, 0.15) is 17.5 Å². The largest absolute Gasteiger partial charge is 0.490 e. The highest BCUT2D eigenvalue weighted by Gasteiger charge is 2.38. The van der Waals surface area contributed by atoms with Gasteiger partial charge in [0.05, 0.1) is 6.61 Å². The minimum Gasteiger partial charge on any atom is -0.490 e. The van der Waals surface area contributed by atoms with Crippen LogP contribution in [0.2, 0.25) is 0 Å². The van der Waals surface area contributed by atoms with Crippen LogP contribution in [0.25, 0.3) is 0 Å². The SMILES string of the molecule is O=C1OC(CCOc2ccccc2Oc2ccccc2)C(OCc2ccccc2)=C1OCc1ccccc1. The van der Waals surface area contributed by atoms with Crippen LogP contribution in [-0.2, 0) is 32.2 Å². The molecule has 6 nitrogen and oxygen atoms in total. The van der Waals surface area contributed by atoms with Gasteiger partial charge in [0.1, 0.15) is 19.0 Å². The lowest BCUT2D eigenvalue weighted by atomic mass is 10.2. The maximum absolute atomic E-state index is 12.8. The van der Waals surface area contributed by atoms with E-state index in [1.807, 2.05) is 115 Å². The molecule has 0 aromatic heterocycles. The van der Waals surface area contributed by atoms with Crippen molar-refractivity contribution in [1.82, 2.24) is 0 Å². The Bertz CT molecular complexity index is 1350. The van der Waals surface area contributed by atoms with Gasteiger partial charge in [-0.1, -0.05) is 91.0 Å². The number of esters is 1. The Kier molecular flexibility index (Phi) is 8.21. The highest BCUT2D eigenvalue weighted by atomic mass is 16.6. The molecule has 1 aliphatic rings. The van der Waals surface area contributed by atoms with Crippen molar-refractivity contribution in [3.63, 3.8) is 0 Å². The minimum absolute atomic E-state index is 0.0996. The zero-order chi connectivity index (χ0) is 26.0. The van der Waals surface area contributed by atoms with Crippen molar-refractivity contribution in [3.8, 4) is 17.2 Å². The quantitative estimate of drug-likeness (QED) is 0.196. The summed E-state index contributed by atoms with van der Waals surface area (Å²) in [5, 5.41) is 0. The minimum atomic E-state index is -0.626. The van der Waals surface area contributed by atoms with Crippen LogP contribution in [0.4, 0.5) is 0 Å². The van der Waals surface area contributed by atoms with E-state index in [-0.39, 0.29) is 25.6 Å². The third-order valence-electron chi connectivity index (χ3n) is 5.87. The van der Waals surface area contributed by atoms with E-state index in [1.165, 1.54) is 0 Å². The fraction of sp³-hybridized carbons (Fsp3) is 0.156. The van der Waals surface area contributed by atoms with Crippen LogP contribution >= 0.6 is 0 Å². The molecule has 38 heavy (non-hydrogen) atoms. The Labute approximate surface area is 222 Å². The Morgan fingerprint density at radius 3 is 1.82 bits per heavy atom. The van der Waals surface area contributed by atoms with Gasteiger partial charge in [0, 0.05) is 6.42 Å². The highest BCUT2D eigenvalue weighted by molar-refractivity contribution is 5.89. The molecule has 0 radical (unpaired) electrons. The third kappa shape index (κ3) is 6.53. The molecule has 0 spiro atoms. The fourth-order valence-electron chi connectivity index (χ4n) is 3.97. The number of benzene rings is 4. The zero-order valence-corrected chi connectivity index (χ0v) is 20.8. The normalized spacial score (nSPS) is 14.6. The smallest absolute Gasteiger partial charge is 0.378 e. The summed E-state index contributed by atoms with van der Waals surface area (Å²) in [5.74, 6) is 1.85. The van der Waals surface area contributed by atoms with Crippen molar-refractivity contribution < 1.29 is 28.5 Å². The molecule has 0 fully saturated rings. The number of ether oxygens (including phenoxy) is 5. The van der Waals surface area contributed by atoms with E-state index in [0.717, 1.165) is 11.1 Å². The van der Waals surface area contributed by atoms with E-state index in [4.69, 9.17) is 23.7 Å². The average Bonchev–Trinajstić information content (AvgIpc) is 3.27. The number of rotatable bonds is 12. The second-order valence-corrected chi connectivity index (χ2v) is 8.63. The molecule has 0 amide bonds. The highest BCUT2D eigenvalue weighted by Crippen LogP contribution is 2.33. The first-order valence-electron chi connectivity index (χ1n) is 12.5. The summed E-state index contributed by atoms with van der Waals surface area (Å²) in [7, 11) is 0. The van der Waals surface area contributed by atoms with Crippen molar-refractivity contribution in [2.24, 2.45) is 0 Å². The van der Waals surface area contributed by atoms with Crippen LogP contribution in [0.3, 0.4) is 0 Å². The number of cyclic esters (lactones) is 1. The summed E-state index contributed by atoms with van der Waals surface area (Å²) in [6, 6.07) is 36.4. The van der Waals surface area contributed by atoms with Crippen LogP contribution < -0.4 is 9.47 Å². The summed E-state index contributed by atoms with van der Waals surface area (Å²) < 4.78 is 29.7.